The fourth-order valence-electron chi connectivity index (χ4n) is 2.82. The number of methoxy groups -OCH3 is 2. The van der Waals surface area contributed by atoms with Crippen LogP contribution < -0.4 is 15.2 Å². The average molecular weight is 294 g/mol. The van der Waals surface area contributed by atoms with E-state index in [-0.39, 0.29) is 0 Å². The molecule has 110 valence electrons. The molecule has 0 saturated heterocycles. The normalized spacial score (nSPS) is 11.4. The third kappa shape index (κ3) is 1.60. The van der Waals surface area contributed by atoms with Gasteiger partial charge in [0.25, 0.3) is 0 Å². The van der Waals surface area contributed by atoms with Crippen molar-refractivity contribution in [2.45, 2.75) is 0 Å². The van der Waals surface area contributed by atoms with E-state index in [0.717, 1.165) is 21.8 Å². The zero-order chi connectivity index (χ0) is 15.3. The van der Waals surface area contributed by atoms with Crippen LogP contribution in [0.5, 0.6) is 11.5 Å². The number of nitrogens with zero attached hydrogens (tertiary/aromatic N) is 3. The molecule has 0 unspecified atom stereocenters. The Bertz CT molecular complexity index is 1020. The van der Waals surface area contributed by atoms with Crippen LogP contribution >= 0.6 is 0 Å². The van der Waals surface area contributed by atoms with Gasteiger partial charge in [0.05, 0.1) is 25.3 Å². The predicted octanol–water partition coefficient (Wildman–Crippen LogP) is 2.64. The van der Waals surface area contributed by atoms with Gasteiger partial charge in [-0.05, 0) is 24.3 Å². The fourth-order valence-corrected chi connectivity index (χ4v) is 2.82. The standard InChI is InChI=1S/C16H14N4O2/c1-21-12-6-9-8-20-11-4-3-5-18-16(11)19-15(17)14(20)10(9)7-13(12)22-2/h3-8H,1-2H3,(H2,17,18,19). The Balaban J connectivity index is 2.22. The van der Waals surface area contributed by atoms with Crippen molar-refractivity contribution in [1.82, 2.24) is 14.4 Å². The second-order valence-corrected chi connectivity index (χ2v) is 4.99. The fraction of sp³-hybridized carbons (Fsp3) is 0.125. The monoisotopic (exact) mass is 294 g/mol. The quantitative estimate of drug-likeness (QED) is 0.615. The zero-order valence-electron chi connectivity index (χ0n) is 12.2. The number of hydrogen-bond donors (Lipinski definition) is 1. The molecule has 3 aromatic heterocycles. The number of hydrogen-bond acceptors (Lipinski definition) is 5. The van der Waals surface area contributed by atoms with Crippen LogP contribution in [0.4, 0.5) is 5.82 Å². The topological polar surface area (TPSA) is 74.7 Å². The van der Waals surface area contributed by atoms with Crippen molar-refractivity contribution in [3.05, 3.63) is 36.7 Å². The summed E-state index contributed by atoms with van der Waals surface area (Å²) in [5, 5.41) is 1.97. The van der Waals surface area contributed by atoms with Gasteiger partial charge in [-0.1, -0.05) is 0 Å². The molecule has 4 rings (SSSR count). The summed E-state index contributed by atoms with van der Waals surface area (Å²) in [6.45, 7) is 0. The van der Waals surface area contributed by atoms with E-state index in [2.05, 4.69) is 9.97 Å². The molecule has 0 spiro atoms. The number of aromatic nitrogens is 3. The van der Waals surface area contributed by atoms with Gasteiger partial charge in [-0.15, -0.1) is 0 Å². The molecule has 0 aliphatic heterocycles. The maximum atomic E-state index is 6.15. The van der Waals surface area contributed by atoms with Crippen molar-refractivity contribution < 1.29 is 9.47 Å². The third-order valence-electron chi connectivity index (χ3n) is 3.81. The molecule has 0 amide bonds. The van der Waals surface area contributed by atoms with Crippen LogP contribution in [-0.2, 0) is 0 Å². The molecule has 22 heavy (non-hydrogen) atoms. The van der Waals surface area contributed by atoms with Crippen LogP contribution in [0.2, 0.25) is 0 Å². The van der Waals surface area contributed by atoms with Gasteiger partial charge in [0.15, 0.2) is 23.0 Å². The first-order chi connectivity index (χ1) is 10.7. The molecule has 0 bridgehead atoms. The van der Waals surface area contributed by atoms with Gasteiger partial charge in [0.1, 0.15) is 0 Å². The number of rotatable bonds is 2. The Labute approximate surface area is 126 Å². The van der Waals surface area contributed by atoms with E-state index in [0.29, 0.717) is 23.0 Å². The molecule has 3 heterocycles. The Kier molecular flexibility index (Phi) is 2.59. The molecule has 0 aliphatic rings. The summed E-state index contributed by atoms with van der Waals surface area (Å²) in [6.07, 6.45) is 3.71. The second kappa shape index (κ2) is 4.49. The first-order valence-electron chi connectivity index (χ1n) is 6.80. The minimum atomic E-state index is 0.438. The van der Waals surface area contributed by atoms with Gasteiger partial charge in [-0.2, -0.15) is 0 Å². The molecule has 0 radical (unpaired) electrons. The first-order valence-corrected chi connectivity index (χ1v) is 6.80. The highest BCUT2D eigenvalue weighted by Gasteiger charge is 2.15. The van der Waals surface area contributed by atoms with Crippen molar-refractivity contribution >= 4 is 33.3 Å². The van der Waals surface area contributed by atoms with E-state index < -0.39 is 0 Å². The van der Waals surface area contributed by atoms with E-state index in [1.165, 1.54) is 0 Å². The number of ether oxygens (including phenoxy) is 2. The molecule has 4 aromatic rings. The van der Waals surface area contributed by atoms with Gasteiger partial charge >= 0.3 is 0 Å². The molecule has 0 atom stereocenters. The number of fused-ring (bicyclic) bond motifs is 5. The van der Waals surface area contributed by atoms with Crippen LogP contribution in [0.1, 0.15) is 0 Å². The summed E-state index contributed by atoms with van der Waals surface area (Å²) >= 11 is 0. The minimum Gasteiger partial charge on any atom is -0.493 e. The maximum absolute atomic E-state index is 6.15. The molecule has 1 aromatic carbocycles. The molecule has 0 fully saturated rings. The van der Waals surface area contributed by atoms with E-state index in [9.17, 15) is 0 Å². The largest absolute Gasteiger partial charge is 0.493 e. The molecule has 2 N–H and O–H groups in total. The predicted molar refractivity (Wildman–Crippen MR) is 85.5 cm³/mol. The minimum absolute atomic E-state index is 0.438. The van der Waals surface area contributed by atoms with E-state index in [1.54, 1.807) is 20.4 Å². The van der Waals surface area contributed by atoms with E-state index in [4.69, 9.17) is 15.2 Å². The van der Waals surface area contributed by atoms with Crippen LogP contribution in [0.15, 0.2) is 36.7 Å². The van der Waals surface area contributed by atoms with Gasteiger partial charge in [-0.25, -0.2) is 9.97 Å². The summed E-state index contributed by atoms with van der Waals surface area (Å²) < 4.78 is 12.8. The van der Waals surface area contributed by atoms with Crippen LogP contribution in [0, 0.1) is 0 Å². The highest BCUT2D eigenvalue weighted by atomic mass is 16.5. The van der Waals surface area contributed by atoms with Gasteiger partial charge in [0, 0.05) is 23.2 Å². The van der Waals surface area contributed by atoms with Crippen LogP contribution in [0.25, 0.3) is 27.5 Å². The van der Waals surface area contributed by atoms with Crippen molar-refractivity contribution in [2.24, 2.45) is 0 Å². The molecule has 0 aliphatic carbocycles. The zero-order valence-corrected chi connectivity index (χ0v) is 12.2. The molecule has 0 saturated carbocycles. The van der Waals surface area contributed by atoms with Crippen molar-refractivity contribution in [1.29, 1.82) is 0 Å². The molecule has 6 heteroatoms. The first kappa shape index (κ1) is 12.7. The Morgan fingerprint density at radius 3 is 2.68 bits per heavy atom. The molecule has 6 nitrogen and oxygen atoms in total. The van der Waals surface area contributed by atoms with Gasteiger partial charge in [-0.3, -0.25) is 0 Å². The summed E-state index contributed by atoms with van der Waals surface area (Å²) in [5.74, 6) is 1.78. The third-order valence-corrected chi connectivity index (χ3v) is 3.81. The second-order valence-electron chi connectivity index (χ2n) is 4.99. The maximum Gasteiger partial charge on any atom is 0.178 e. The van der Waals surface area contributed by atoms with E-state index in [1.807, 2.05) is 34.9 Å². The summed E-state index contributed by atoms with van der Waals surface area (Å²) in [5.41, 5.74) is 8.52. The van der Waals surface area contributed by atoms with Gasteiger partial charge in [0.2, 0.25) is 0 Å². The number of benzene rings is 1. The SMILES string of the molecule is COc1cc2cn3c4cccnc4nc(N)c3c2cc1OC. The highest BCUT2D eigenvalue weighted by molar-refractivity contribution is 6.05. The smallest absolute Gasteiger partial charge is 0.178 e. The van der Waals surface area contributed by atoms with Crippen LogP contribution in [0.3, 0.4) is 0 Å². The lowest BCUT2D eigenvalue weighted by atomic mass is 10.2. The molecular weight excluding hydrogens is 280 g/mol. The summed E-state index contributed by atoms with van der Waals surface area (Å²) in [7, 11) is 3.23. The van der Waals surface area contributed by atoms with E-state index >= 15 is 0 Å². The highest BCUT2D eigenvalue weighted by Crippen LogP contribution is 2.37. The van der Waals surface area contributed by atoms with Crippen molar-refractivity contribution in [3.63, 3.8) is 0 Å². The lowest BCUT2D eigenvalue weighted by Gasteiger charge is -2.07. The number of anilines is 1. The lowest BCUT2D eigenvalue weighted by Crippen LogP contribution is -1.98. The summed E-state index contributed by atoms with van der Waals surface area (Å²) in [4.78, 5) is 8.67. The van der Waals surface area contributed by atoms with Crippen molar-refractivity contribution in [2.75, 3.05) is 20.0 Å². The van der Waals surface area contributed by atoms with Crippen molar-refractivity contribution in [3.8, 4) is 11.5 Å². The Hall–Kier alpha value is -3.02. The van der Waals surface area contributed by atoms with Crippen LogP contribution in [-0.4, -0.2) is 28.6 Å². The number of pyridine rings is 1. The lowest BCUT2D eigenvalue weighted by molar-refractivity contribution is 0.356. The Morgan fingerprint density at radius 1 is 1.14 bits per heavy atom. The average Bonchev–Trinajstić information content (AvgIpc) is 2.92. The number of nitrogen functional groups attached to an aromatic ring is 1. The summed E-state index contributed by atoms with van der Waals surface area (Å²) in [6, 6.07) is 7.70. The van der Waals surface area contributed by atoms with Gasteiger partial charge < -0.3 is 19.6 Å². The molecular formula is C16H14N4O2. The number of nitrogens with two attached hydrogens (primary N) is 1. The Morgan fingerprint density at radius 2 is 1.91 bits per heavy atom.